The fourth-order valence-electron chi connectivity index (χ4n) is 1.54. The van der Waals surface area contributed by atoms with Crippen molar-refractivity contribution in [2.75, 3.05) is 24.2 Å². The summed E-state index contributed by atoms with van der Waals surface area (Å²) >= 11 is 0. The quantitative estimate of drug-likeness (QED) is 0.465. The van der Waals surface area contributed by atoms with Gasteiger partial charge in [-0.2, -0.15) is 0 Å². The summed E-state index contributed by atoms with van der Waals surface area (Å²) in [5.41, 5.74) is 7.92. The fourth-order valence-corrected chi connectivity index (χ4v) is 1.54. The highest BCUT2D eigenvalue weighted by Gasteiger charge is 2.13. The van der Waals surface area contributed by atoms with Crippen molar-refractivity contribution in [1.82, 2.24) is 0 Å². The SMILES string of the molecule is N=Cc1c(N)ccc2c1NCCCO2. The molecule has 0 aromatic heterocycles. The van der Waals surface area contributed by atoms with E-state index in [0.29, 0.717) is 17.9 Å². The molecule has 0 saturated heterocycles. The topological polar surface area (TPSA) is 71.1 Å². The lowest BCUT2D eigenvalue weighted by atomic mass is 10.1. The summed E-state index contributed by atoms with van der Waals surface area (Å²) in [7, 11) is 0. The monoisotopic (exact) mass is 191 g/mol. The first-order chi connectivity index (χ1) is 6.83. The van der Waals surface area contributed by atoms with Crippen LogP contribution in [-0.2, 0) is 0 Å². The summed E-state index contributed by atoms with van der Waals surface area (Å²) in [5.74, 6) is 0.787. The number of hydrogen-bond acceptors (Lipinski definition) is 4. The second kappa shape index (κ2) is 3.57. The fraction of sp³-hybridized carbons (Fsp3) is 0.300. The van der Waals surface area contributed by atoms with Gasteiger partial charge in [0, 0.05) is 24.0 Å². The van der Waals surface area contributed by atoms with Gasteiger partial charge in [0.05, 0.1) is 12.3 Å². The molecule has 1 aromatic carbocycles. The molecular weight excluding hydrogens is 178 g/mol. The molecular formula is C10H13N3O. The molecule has 0 spiro atoms. The lowest BCUT2D eigenvalue weighted by Gasteiger charge is -2.12. The molecule has 1 heterocycles. The summed E-state index contributed by atoms with van der Waals surface area (Å²) in [5, 5.41) is 10.5. The third kappa shape index (κ3) is 1.39. The van der Waals surface area contributed by atoms with Crippen LogP contribution in [0, 0.1) is 5.41 Å². The van der Waals surface area contributed by atoms with E-state index in [1.165, 1.54) is 6.21 Å². The molecule has 14 heavy (non-hydrogen) atoms. The molecule has 0 atom stereocenters. The van der Waals surface area contributed by atoms with Gasteiger partial charge < -0.3 is 21.2 Å². The van der Waals surface area contributed by atoms with Gasteiger partial charge in [0.1, 0.15) is 5.75 Å². The molecule has 0 radical (unpaired) electrons. The van der Waals surface area contributed by atoms with E-state index in [4.69, 9.17) is 15.9 Å². The lowest BCUT2D eigenvalue weighted by molar-refractivity contribution is 0.323. The Morgan fingerprint density at radius 1 is 1.50 bits per heavy atom. The molecule has 1 aromatic rings. The summed E-state index contributed by atoms with van der Waals surface area (Å²) in [6.45, 7) is 1.57. The summed E-state index contributed by atoms with van der Waals surface area (Å²) < 4.78 is 5.52. The minimum atomic E-state index is 0.608. The Labute approximate surface area is 82.6 Å². The van der Waals surface area contributed by atoms with Gasteiger partial charge in [-0.05, 0) is 18.6 Å². The number of nitrogen functional groups attached to an aromatic ring is 1. The second-order valence-corrected chi connectivity index (χ2v) is 3.21. The van der Waals surface area contributed by atoms with Crippen LogP contribution in [0.4, 0.5) is 11.4 Å². The van der Waals surface area contributed by atoms with Gasteiger partial charge in [0.15, 0.2) is 0 Å². The number of nitrogens with one attached hydrogen (secondary N) is 2. The maximum Gasteiger partial charge on any atom is 0.143 e. The molecule has 4 heteroatoms. The van der Waals surface area contributed by atoms with Crippen LogP contribution in [0.15, 0.2) is 12.1 Å². The molecule has 0 saturated carbocycles. The first-order valence-corrected chi connectivity index (χ1v) is 4.62. The molecule has 0 fully saturated rings. The number of nitrogens with two attached hydrogens (primary N) is 1. The maximum atomic E-state index is 7.30. The second-order valence-electron chi connectivity index (χ2n) is 3.21. The van der Waals surface area contributed by atoms with Crippen LogP contribution in [0.5, 0.6) is 5.75 Å². The van der Waals surface area contributed by atoms with E-state index in [1.807, 2.05) is 6.07 Å². The van der Waals surface area contributed by atoms with Crippen molar-refractivity contribution in [3.8, 4) is 5.75 Å². The average Bonchev–Trinajstić information content (AvgIpc) is 2.42. The molecule has 1 aliphatic rings. The number of hydrogen-bond donors (Lipinski definition) is 3. The average molecular weight is 191 g/mol. The highest BCUT2D eigenvalue weighted by atomic mass is 16.5. The number of fused-ring (bicyclic) bond motifs is 1. The van der Waals surface area contributed by atoms with Crippen molar-refractivity contribution >= 4 is 17.6 Å². The largest absolute Gasteiger partial charge is 0.491 e. The van der Waals surface area contributed by atoms with E-state index >= 15 is 0 Å². The minimum absolute atomic E-state index is 0.608. The van der Waals surface area contributed by atoms with Gasteiger partial charge in [-0.15, -0.1) is 0 Å². The molecule has 1 aliphatic heterocycles. The van der Waals surface area contributed by atoms with Gasteiger partial charge >= 0.3 is 0 Å². The van der Waals surface area contributed by atoms with Crippen molar-refractivity contribution in [3.05, 3.63) is 17.7 Å². The minimum Gasteiger partial charge on any atom is -0.491 e. The smallest absolute Gasteiger partial charge is 0.143 e. The van der Waals surface area contributed by atoms with Crippen LogP contribution in [0.1, 0.15) is 12.0 Å². The highest BCUT2D eigenvalue weighted by molar-refractivity contribution is 5.95. The van der Waals surface area contributed by atoms with E-state index in [-0.39, 0.29) is 0 Å². The maximum absolute atomic E-state index is 7.30. The van der Waals surface area contributed by atoms with E-state index < -0.39 is 0 Å². The standard InChI is InChI=1S/C10H13N3O/c11-6-7-8(12)2-3-9-10(7)13-4-1-5-14-9/h2-3,6,11,13H,1,4-5,12H2. The predicted octanol–water partition coefficient (Wildman–Crippen LogP) is 1.46. The van der Waals surface area contributed by atoms with Gasteiger partial charge in [-0.1, -0.05) is 0 Å². The predicted molar refractivity (Wildman–Crippen MR) is 57.3 cm³/mol. The number of ether oxygens (including phenoxy) is 1. The third-order valence-corrected chi connectivity index (χ3v) is 2.27. The van der Waals surface area contributed by atoms with Crippen molar-refractivity contribution in [2.24, 2.45) is 0 Å². The van der Waals surface area contributed by atoms with Gasteiger partial charge in [0.25, 0.3) is 0 Å². The number of benzene rings is 1. The Morgan fingerprint density at radius 3 is 3.14 bits per heavy atom. The summed E-state index contributed by atoms with van der Waals surface area (Å²) in [6, 6.07) is 3.61. The molecule has 4 N–H and O–H groups in total. The van der Waals surface area contributed by atoms with Crippen LogP contribution in [0.2, 0.25) is 0 Å². The van der Waals surface area contributed by atoms with Crippen LogP contribution in [0.3, 0.4) is 0 Å². The van der Waals surface area contributed by atoms with Crippen molar-refractivity contribution in [2.45, 2.75) is 6.42 Å². The zero-order valence-corrected chi connectivity index (χ0v) is 7.84. The van der Waals surface area contributed by atoms with Gasteiger partial charge in [-0.3, -0.25) is 0 Å². The third-order valence-electron chi connectivity index (χ3n) is 2.27. The summed E-state index contributed by atoms with van der Waals surface area (Å²) in [6.07, 6.45) is 2.22. The zero-order chi connectivity index (χ0) is 9.97. The molecule has 74 valence electrons. The number of anilines is 2. The van der Waals surface area contributed by atoms with Crippen molar-refractivity contribution < 1.29 is 4.74 Å². The van der Waals surface area contributed by atoms with Crippen molar-refractivity contribution in [1.29, 1.82) is 5.41 Å². The normalized spacial score (nSPS) is 14.6. The van der Waals surface area contributed by atoms with Crippen LogP contribution < -0.4 is 15.8 Å². The number of rotatable bonds is 1. The Bertz CT molecular complexity index is 363. The van der Waals surface area contributed by atoms with Gasteiger partial charge in [0.2, 0.25) is 0 Å². The molecule has 0 amide bonds. The Balaban J connectivity index is 2.53. The van der Waals surface area contributed by atoms with E-state index in [9.17, 15) is 0 Å². The zero-order valence-electron chi connectivity index (χ0n) is 7.84. The lowest BCUT2D eigenvalue weighted by Crippen LogP contribution is -2.04. The van der Waals surface area contributed by atoms with Crippen LogP contribution >= 0.6 is 0 Å². The highest BCUT2D eigenvalue weighted by Crippen LogP contribution is 2.32. The summed E-state index contributed by atoms with van der Waals surface area (Å²) in [4.78, 5) is 0. The Morgan fingerprint density at radius 2 is 2.36 bits per heavy atom. The van der Waals surface area contributed by atoms with Gasteiger partial charge in [-0.25, -0.2) is 0 Å². The van der Waals surface area contributed by atoms with E-state index in [1.54, 1.807) is 6.07 Å². The van der Waals surface area contributed by atoms with E-state index in [2.05, 4.69) is 5.32 Å². The first-order valence-electron chi connectivity index (χ1n) is 4.62. The molecule has 4 nitrogen and oxygen atoms in total. The Hall–Kier alpha value is -1.71. The molecule has 0 bridgehead atoms. The molecule has 0 aliphatic carbocycles. The van der Waals surface area contributed by atoms with Crippen LogP contribution in [0.25, 0.3) is 0 Å². The molecule has 0 unspecified atom stereocenters. The molecule has 2 rings (SSSR count). The van der Waals surface area contributed by atoms with E-state index in [0.717, 1.165) is 24.4 Å². The first kappa shape index (κ1) is 8.87. The van der Waals surface area contributed by atoms with Crippen molar-refractivity contribution in [3.63, 3.8) is 0 Å². The Kier molecular flexibility index (Phi) is 2.26. The van der Waals surface area contributed by atoms with Crippen LogP contribution in [-0.4, -0.2) is 19.4 Å².